The number of fused-ring (bicyclic) bond motifs is 2. The summed E-state index contributed by atoms with van der Waals surface area (Å²) < 4.78 is 4.10. The fourth-order valence-corrected chi connectivity index (χ4v) is 10.7. The molecule has 444 valence electrons. The smallest absolute Gasteiger partial charge is 0.331 e. The number of nitrogens with two attached hydrogens (primary N) is 2. The van der Waals surface area contributed by atoms with E-state index in [-0.39, 0.29) is 46.6 Å². The summed E-state index contributed by atoms with van der Waals surface area (Å²) in [6.07, 6.45) is 7.30. The van der Waals surface area contributed by atoms with Crippen LogP contribution < -0.4 is 32.7 Å². The molecule has 2 aromatic carbocycles. The molecule has 0 radical (unpaired) electrons. The summed E-state index contributed by atoms with van der Waals surface area (Å²) in [7, 11) is 10.8. The van der Waals surface area contributed by atoms with Crippen LogP contribution in [0.15, 0.2) is 72.1 Å². The van der Waals surface area contributed by atoms with E-state index in [1.807, 2.05) is 157 Å². The Labute approximate surface area is 476 Å². The van der Waals surface area contributed by atoms with Crippen LogP contribution in [0.3, 0.4) is 0 Å². The topological polar surface area (TPSA) is 259 Å². The number of carboxylic acid groups (broad SMARTS) is 2. The third-order valence-electron chi connectivity index (χ3n) is 15.8. The number of amides is 4. The zero-order valence-corrected chi connectivity index (χ0v) is 52.1. The van der Waals surface area contributed by atoms with E-state index >= 15 is 0 Å². The van der Waals surface area contributed by atoms with E-state index in [1.54, 1.807) is 50.1 Å². The highest BCUT2D eigenvalue weighted by atomic mass is 16.4. The Morgan fingerprint density at radius 1 is 0.562 bits per heavy atom. The average Bonchev–Trinajstić information content (AvgIpc) is 3.89. The van der Waals surface area contributed by atoms with Gasteiger partial charge in [-0.05, 0) is 91.1 Å². The highest BCUT2D eigenvalue weighted by Crippen LogP contribution is 2.37. The van der Waals surface area contributed by atoms with Crippen LogP contribution in [0, 0.1) is 22.7 Å². The highest BCUT2D eigenvalue weighted by molar-refractivity contribution is 5.95. The number of aliphatic carboxylic acids is 2. The Balaban J connectivity index is 0.000000420. The number of carbonyl (C=O) groups excluding carboxylic acids is 4. The maximum Gasteiger partial charge on any atom is 0.331 e. The zero-order valence-electron chi connectivity index (χ0n) is 52.1. The van der Waals surface area contributed by atoms with Crippen molar-refractivity contribution >= 4 is 57.4 Å². The first-order valence-electron chi connectivity index (χ1n) is 27.6. The number of carbonyl (C=O) groups is 6. The SMILES string of the molecule is CN[C@H](C(=O)N[C@H](C(=O)N(C)[C@H](/C=C(\C)C(=O)O)C(C)C)C(C)(C)C)C(C)(C)c1cn(C)c2cc(CN)ccc12.CN[C@H](C(=O)N[C@H](C(=O)N(C)[C@H](/C=C(\C)C(=O)O)C(C)C)C(C)(C)C)C(C)(C)c1cn(C)c2ccc(CN)cc12. The molecule has 6 atom stereocenters. The molecule has 0 saturated heterocycles. The van der Waals surface area contributed by atoms with Gasteiger partial charge in [0.05, 0.1) is 24.2 Å². The lowest BCUT2D eigenvalue weighted by Crippen LogP contribution is -2.61. The van der Waals surface area contributed by atoms with Crippen LogP contribution in [0.4, 0.5) is 0 Å². The molecular weight excluding hydrogens is 1010 g/mol. The van der Waals surface area contributed by atoms with Gasteiger partial charge in [0.15, 0.2) is 0 Å². The molecule has 0 fully saturated rings. The van der Waals surface area contributed by atoms with E-state index in [2.05, 4.69) is 33.4 Å². The van der Waals surface area contributed by atoms with Crippen LogP contribution in [0.5, 0.6) is 0 Å². The minimum Gasteiger partial charge on any atom is -0.478 e. The summed E-state index contributed by atoms with van der Waals surface area (Å²) >= 11 is 0. The fourth-order valence-electron chi connectivity index (χ4n) is 10.7. The van der Waals surface area contributed by atoms with Crippen LogP contribution in [0.25, 0.3) is 21.8 Å². The van der Waals surface area contributed by atoms with Gasteiger partial charge in [-0.1, -0.05) is 127 Å². The van der Waals surface area contributed by atoms with E-state index < -0.39 is 69.8 Å². The second-order valence-electron chi connectivity index (χ2n) is 25.6. The first kappa shape index (κ1) is 67.9. The number of nitrogens with one attached hydrogen (secondary N) is 4. The van der Waals surface area contributed by atoms with E-state index in [1.165, 1.54) is 13.8 Å². The molecule has 0 spiro atoms. The van der Waals surface area contributed by atoms with Gasteiger partial charge in [-0.25, -0.2) is 9.59 Å². The zero-order chi connectivity index (χ0) is 61.5. The third-order valence-corrected chi connectivity index (χ3v) is 15.8. The van der Waals surface area contributed by atoms with Crippen molar-refractivity contribution in [1.29, 1.82) is 0 Å². The average molecular weight is 1110 g/mol. The molecule has 0 bridgehead atoms. The number of aromatic nitrogens is 2. The van der Waals surface area contributed by atoms with Gasteiger partial charge in [0.25, 0.3) is 0 Å². The predicted molar refractivity (Wildman–Crippen MR) is 322 cm³/mol. The normalized spacial score (nSPS) is 15.2. The molecule has 0 unspecified atom stereocenters. The predicted octanol–water partition coefficient (Wildman–Crippen LogP) is 7.09. The van der Waals surface area contributed by atoms with Gasteiger partial charge in [-0.2, -0.15) is 0 Å². The van der Waals surface area contributed by atoms with Crippen LogP contribution in [0.1, 0.15) is 133 Å². The van der Waals surface area contributed by atoms with Crippen LogP contribution in [-0.2, 0) is 66.8 Å². The number of benzene rings is 2. The minimum absolute atomic E-state index is 0.0327. The van der Waals surface area contributed by atoms with E-state index in [0.717, 1.165) is 44.1 Å². The van der Waals surface area contributed by atoms with Gasteiger partial charge in [0.2, 0.25) is 23.6 Å². The summed E-state index contributed by atoms with van der Waals surface area (Å²) in [5.74, 6) is -3.26. The lowest BCUT2D eigenvalue weighted by Gasteiger charge is -2.39. The molecule has 0 aliphatic carbocycles. The van der Waals surface area contributed by atoms with Gasteiger partial charge in [-0.3, -0.25) is 19.2 Å². The van der Waals surface area contributed by atoms with E-state index in [0.29, 0.717) is 13.1 Å². The van der Waals surface area contributed by atoms with Crippen molar-refractivity contribution in [3.63, 3.8) is 0 Å². The summed E-state index contributed by atoms with van der Waals surface area (Å²) in [6, 6.07) is 8.37. The molecule has 4 rings (SSSR count). The number of hydrogen-bond acceptors (Lipinski definition) is 10. The van der Waals surface area contributed by atoms with Crippen LogP contribution in [-0.4, -0.2) is 129 Å². The second-order valence-corrected chi connectivity index (χ2v) is 25.6. The van der Waals surface area contributed by atoms with Gasteiger partial charge in [0.1, 0.15) is 12.1 Å². The number of rotatable bonds is 22. The summed E-state index contributed by atoms with van der Waals surface area (Å²) in [5.41, 5.74) is 15.7. The van der Waals surface area contributed by atoms with Crippen molar-refractivity contribution in [3.05, 3.63) is 94.3 Å². The molecular formula is C62H98N10O8. The Kier molecular flexibility index (Phi) is 22.9. The maximum atomic E-state index is 14.0. The summed E-state index contributed by atoms with van der Waals surface area (Å²) in [5, 5.41) is 33.4. The van der Waals surface area contributed by atoms with Crippen molar-refractivity contribution in [2.45, 2.75) is 171 Å². The van der Waals surface area contributed by atoms with Crippen molar-refractivity contribution in [2.75, 3.05) is 28.2 Å². The largest absolute Gasteiger partial charge is 0.478 e. The van der Waals surface area contributed by atoms with E-state index in [9.17, 15) is 39.0 Å². The maximum absolute atomic E-state index is 14.0. The molecule has 2 aromatic heterocycles. The van der Waals surface area contributed by atoms with Crippen LogP contribution in [0.2, 0.25) is 0 Å². The Bertz CT molecular complexity index is 2930. The number of nitrogens with zero attached hydrogens (tertiary/aromatic N) is 4. The molecule has 2 heterocycles. The number of likely N-dealkylation sites (N-methyl/N-ethyl adjacent to an activating group) is 4. The second kappa shape index (κ2) is 27.0. The molecule has 18 nitrogen and oxygen atoms in total. The van der Waals surface area contributed by atoms with Crippen molar-refractivity contribution in [3.8, 4) is 0 Å². The first-order chi connectivity index (χ1) is 36.8. The van der Waals surface area contributed by atoms with Crippen molar-refractivity contribution in [1.82, 2.24) is 40.2 Å². The van der Waals surface area contributed by atoms with E-state index in [4.69, 9.17) is 11.5 Å². The summed E-state index contributed by atoms with van der Waals surface area (Å²) in [4.78, 5) is 81.7. The number of carboxylic acids is 2. The molecule has 4 amide bonds. The Morgan fingerprint density at radius 2 is 0.912 bits per heavy atom. The van der Waals surface area contributed by atoms with Crippen LogP contribution >= 0.6 is 0 Å². The van der Waals surface area contributed by atoms with Gasteiger partial charge in [0, 0.05) is 97.5 Å². The van der Waals surface area contributed by atoms with Gasteiger partial charge < -0.3 is 61.9 Å². The first-order valence-corrected chi connectivity index (χ1v) is 27.6. The molecule has 80 heavy (non-hydrogen) atoms. The van der Waals surface area contributed by atoms with Crippen molar-refractivity contribution in [2.24, 2.45) is 48.2 Å². The monoisotopic (exact) mass is 1110 g/mol. The Morgan fingerprint density at radius 3 is 1.25 bits per heavy atom. The fraction of sp³-hybridized carbons (Fsp3) is 0.581. The summed E-state index contributed by atoms with van der Waals surface area (Å²) in [6.45, 7) is 31.2. The highest BCUT2D eigenvalue weighted by Gasteiger charge is 2.45. The molecule has 0 aliphatic heterocycles. The molecule has 0 aliphatic rings. The van der Waals surface area contributed by atoms with Crippen molar-refractivity contribution < 1.29 is 39.0 Å². The standard InChI is InChI=1S/2C31H49N5O4/c1-18(2)24(14-19(3)29(39)40)36(11)28(38)26(30(4,5)6)34-27(37)25(33-9)31(7,8)22-17-35(10)23-13-12-20(16-32)15-21(22)23;1-18(2)23(14-19(3)29(39)40)36(11)28(38)26(30(4,5)6)34-27(37)25(33-9)31(7,8)22-17-35(10)24-15-20(16-32)12-13-21(22)24/h12-15,17-18,24-26,33H,16,32H2,1-11H3,(H,34,37)(H,39,40);12-15,17-18,23,25-26,33H,16,32H2,1-11H3,(H,34,37)(H,39,40)/b2*19-14+/t24-,25-,26-;23-,25-,26-/m11/s1. The number of aryl methyl sites for hydroxylation is 2. The number of hydrogen-bond donors (Lipinski definition) is 8. The third kappa shape index (κ3) is 15.6. The van der Waals surface area contributed by atoms with Gasteiger partial charge >= 0.3 is 11.9 Å². The quantitative estimate of drug-likeness (QED) is 0.0367. The Hall–Kier alpha value is -6.34. The lowest BCUT2D eigenvalue weighted by atomic mass is 9.76. The molecule has 4 aromatic rings. The van der Waals surface area contributed by atoms with Gasteiger partial charge in [-0.15, -0.1) is 0 Å². The minimum atomic E-state index is -1.03. The lowest BCUT2D eigenvalue weighted by molar-refractivity contribution is -0.141. The molecule has 10 N–H and O–H groups in total. The molecule has 0 saturated carbocycles. The molecule has 18 heteroatoms.